The first-order chi connectivity index (χ1) is 11.6. The molecule has 0 spiro atoms. The van der Waals surface area contributed by atoms with Gasteiger partial charge in [0.05, 0.1) is 6.04 Å². The first-order valence-electron chi connectivity index (χ1n) is 7.58. The molecule has 0 aliphatic carbocycles. The van der Waals surface area contributed by atoms with Crippen LogP contribution in [0.15, 0.2) is 60.7 Å². The molecule has 1 unspecified atom stereocenters. The van der Waals surface area contributed by atoms with Gasteiger partial charge in [0.1, 0.15) is 6.54 Å². The quantitative estimate of drug-likeness (QED) is 0.642. The van der Waals surface area contributed by atoms with E-state index >= 15 is 0 Å². The van der Waals surface area contributed by atoms with Crippen LogP contribution < -0.4 is 10.2 Å². The summed E-state index contributed by atoms with van der Waals surface area (Å²) in [5.41, 5.74) is 1.60. The molecular weight excluding hydrogens is 324 g/mol. The molecule has 1 amide bonds. The number of nitrogens with one attached hydrogen (secondary N) is 1. The molecule has 5 nitrogen and oxygen atoms in total. The minimum atomic E-state index is -1.06. The minimum absolute atomic E-state index is 0.272. The van der Waals surface area contributed by atoms with Crippen LogP contribution in [-0.4, -0.2) is 35.3 Å². The average Bonchev–Trinajstić information content (AvgIpc) is 2.61. The Hall–Kier alpha value is -2.31. The second-order valence-corrected chi connectivity index (χ2v) is 5.62. The number of carbonyl (C=O) groups is 2. The van der Waals surface area contributed by atoms with Crippen LogP contribution in [0, 0.1) is 0 Å². The summed E-state index contributed by atoms with van der Waals surface area (Å²) < 4.78 is 0. The number of amides is 1. The van der Waals surface area contributed by atoms with Gasteiger partial charge in [0.15, 0.2) is 0 Å². The monoisotopic (exact) mass is 344 g/mol. The third kappa shape index (κ3) is 5.11. The second kappa shape index (κ2) is 9.10. The van der Waals surface area contributed by atoms with Gasteiger partial charge in [-0.25, -0.2) is 0 Å². The lowest BCUT2D eigenvalue weighted by molar-refractivity contribution is -0.136. The van der Waals surface area contributed by atoms with Crippen LogP contribution in [0.2, 0.25) is 0 Å². The molecular formula is C18H20N2O3S. The smallest absolute Gasteiger partial charge is 0.323 e. The van der Waals surface area contributed by atoms with E-state index in [-0.39, 0.29) is 18.2 Å². The molecule has 0 saturated heterocycles. The summed E-state index contributed by atoms with van der Waals surface area (Å²) in [6, 6.07) is 17.9. The average molecular weight is 344 g/mol. The fourth-order valence-corrected chi connectivity index (χ4v) is 2.58. The second-order valence-electron chi connectivity index (χ2n) is 5.26. The minimum Gasteiger partial charge on any atom is -0.480 e. The summed E-state index contributed by atoms with van der Waals surface area (Å²) in [6.07, 6.45) is 0. The van der Waals surface area contributed by atoms with Crippen molar-refractivity contribution < 1.29 is 14.7 Å². The van der Waals surface area contributed by atoms with Crippen molar-refractivity contribution in [3.05, 3.63) is 66.2 Å². The van der Waals surface area contributed by atoms with Crippen LogP contribution in [-0.2, 0) is 16.1 Å². The van der Waals surface area contributed by atoms with E-state index in [4.69, 9.17) is 5.11 Å². The first-order valence-corrected chi connectivity index (χ1v) is 8.21. The normalized spacial score (nSPS) is 11.7. The number of nitrogens with zero attached hydrogens (tertiary/aromatic N) is 1. The lowest BCUT2D eigenvalue weighted by atomic mass is 10.2. The fraction of sp³-hybridized carbons (Fsp3) is 0.222. The molecule has 2 aromatic rings. The van der Waals surface area contributed by atoms with Gasteiger partial charge in [0, 0.05) is 18.0 Å². The molecule has 2 aromatic carbocycles. The Balaban J connectivity index is 2.12. The molecule has 0 aliphatic rings. The molecule has 0 heterocycles. The van der Waals surface area contributed by atoms with Crippen LogP contribution in [0.3, 0.4) is 0 Å². The highest BCUT2D eigenvalue weighted by Gasteiger charge is 2.25. The van der Waals surface area contributed by atoms with Gasteiger partial charge >= 0.3 is 5.97 Å². The number of carbonyl (C=O) groups excluding carboxylic acids is 1. The van der Waals surface area contributed by atoms with Gasteiger partial charge in [-0.15, -0.1) is 0 Å². The summed E-state index contributed by atoms with van der Waals surface area (Å²) in [4.78, 5) is 25.2. The molecule has 126 valence electrons. The Morgan fingerprint density at radius 2 is 1.62 bits per heavy atom. The van der Waals surface area contributed by atoms with Crippen LogP contribution in [0.5, 0.6) is 0 Å². The third-order valence-corrected chi connectivity index (χ3v) is 3.87. The molecule has 0 aromatic heterocycles. The van der Waals surface area contributed by atoms with E-state index in [1.807, 2.05) is 36.4 Å². The molecule has 2 N–H and O–H groups in total. The SMILES string of the molecule is O=C(O)CN(C(=O)C(CS)NCc1ccccc1)c1ccccc1. The zero-order chi connectivity index (χ0) is 17.4. The Kier molecular flexibility index (Phi) is 6.84. The van der Waals surface area contributed by atoms with Crippen LogP contribution in [0.1, 0.15) is 5.56 Å². The van der Waals surface area contributed by atoms with E-state index in [0.29, 0.717) is 12.2 Å². The molecule has 0 saturated carbocycles. The van der Waals surface area contributed by atoms with Crippen molar-refractivity contribution in [1.29, 1.82) is 0 Å². The molecule has 0 radical (unpaired) electrons. The zero-order valence-electron chi connectivity index (χ0n) is 13.1. The number of rotatable bonds is 8. The van der Waals surface area contributed by atoms with Gasteiger partial charge in [-0.05, 0) is 17.7 Å². The van der Waals surface area contributed by atoms with Crippen LogP contribution >= 0.6 is 12.6 Å². The first kappa shape index (κ1) is 18.0. The van der Waals surface area contributed by atoms with E-state index in [0.717, 1.165) is 5.56 Å². The van der Waals surface area contributed by atoms with Crippen molar-refractivity contribution in [2.24, 2.45) is 0 Å². The highest BCUT2D eigenvalue weighted by molar-refractivity contribution is 7.80. The van der Waals surface area contributed by atoms with Gasteiger partial charge in [-0.2, -0.15) is 12.6 Å². The van der Waals surface area contributed by atoms with Crippen molar-refractivity contribution in [2.75, 3.05) is 17.2 Å². The van der Waals surface area contributed by atoms with Crippen molar-refractivity contribution >= 4 is 30.2 Å². The fourth-order valence-electron chi connectivity index (χ4n) is 2.29. The van der Waals surface area contributed by atoms with Crippen molar-refractivity contribution in [3.8, 4) is 0 Å². The van der Waals surface area contributed by atoms with Crippen LogP contribution in [0.25, 0.3) is 0 Å². The molecule has 6 heteroatoms. The number of anilines is 1. The summed E-state index contributed by atoms with van der Waals surface area (Å²) in [5, 5.41) is 12.3. The number of hydrogen-bond acceptors (Lipinski definition) is 4. The maximum Gasteiger partial charge on any atom is 0.323 e. The number of carboxylic acids is 1. The molecule has 0 bridgehead atoms. The molecule has 0 aliphatic heterocycles. The molecule has 24 heavy (non-hydrogen) atoms. The van der Waals surface area contributed by atoms with Gasteiger partial charge in [0.25, 0.3) is 0 Å². The summed E-state index contributed by atoms with van der Waals surface area (Å²) >= 11 is 4.24. The Bertz CT molecular complexity index is 664. The predicted molar refractivity (Wildman–Crippen MR) is 97.4 cm³/mol. The lowest BCUT2D eigenvalue weighted by Crippen LogP contribution is -2.49. The summed E-state index contributed by atoms with van der Waals surface area (Å²) in [6.45, 7) is 0.119. The Morgan fingerprint density at radius 1 is 1.04 bits per heavy atom. The van der Waals surface area contributed by atoms with E-state index < -0.39 is 12.0 Å². The van der Waals surface area contributed by atoms with E-state index in [2.05, 4.69) is 17.9 Å². The van der Waals surface area contributed by atoms with Crippen LogP contribution in [0.4, 0.5) is 5.69 Å². The van der Waals surface area contributed by atoms with Crippen molar-refractivity contribution in [1.82, 2.24) is 5.32 Å². The Labute approximate surface area is 146 Å². The highest BCUT2D eigenvalue weighted by atomic mass is 32.1. The largest absolute Gasteiger partial charge is 0.480 e. The topological polar surface area (TPSA) is 69.6 Å². The predicted octanol–water partition coefficient (Wildman–Crippen LogP) is 2.19. The third-order valence-electron chi connectivity index (χ3n) is 3.50. The number of thiol groups is 1. The van der Waals surface area contributed by atoms with E-state index in [9.17, 15) is 9.59 Å². The van der Waals surface area contributed by atoms with E-state index in [1.54, 1.807) is 24.3 Å². The van der Waals surface area contributed by atoms with Crippen molar-refractivity contribution in [3.63, 3.8) is 0 Å². The zero-order valence-corrected chi connectivity index (χ0v) is 14.0. The number of benzene rings is 2. The Morgan fingerprint density at radius 3 is 2.17 bits per heavy atom. The number of para-hydroxylation sites is 1. The van der Waals surface area contributed by atoms with Gasteiger partial charge in [-0.3, -0.25) is 14.5 Å². The maximum absolute atomic E-state index is 12.8. The van der Waals surface area contributed by atoms with Gasteiger partial charge in [-0.1, -0.05) is 48.5 Å². The summed E-state index contributed by atoms with van der Waals surface area (Å²) in [7, 11) is 0. The number of carboxylic acid groups (broad SMARTS) is 1. The molecule has 0 fully saturated rings. The van der Waals surface area contributed by atoms with Gasteiger partial charge in [0.2, 0.25) is 5.91 Å². The molecule has 2 rings (SSSR count). The van der Waals surface area contributed by atoms with Crippen molar-refractivity contribution in [2.45, 2.75) is 12.6 Å². The number of hydrogen-bond donors (Lipinski definition) is 3. The summed E-state index contributed by atoms with van der Waals surface area (Å²) in [5.74, 6) is -1.10. The number of aliphatic carboxylic acids is 1. The lowest BCUT2D eigenvalue weighted by Gasteiger charge is -2.26. The van der Waals surface area contributed by atoms with E-state index in [1.165, 1.54) is 4.90 Å². The highest BCUT2D eigenvalue weighted by Crippen LogP contribution is 2.15. The molecule has 1 atom stereocenters. The maximum atomic E-state index is 12.8. The van der Waals surface area contributed by atoms with Gasteiger partial charge < -0.3 is 10.4 Å². The standard InChI is InChI=1S/C18H20N2O3S/c21-17(22)12-20(15-9-5-2-6-10-15)18(23)16(13-24)19-11-14-7-3-1-4-8-14/h1-10,16,19,24H,11-13H2,(H,21,22).